The molecule has 0 spiro atoms. The van der Waals surface area contributed by atoms with Crippen LogP contribution in [0.4, 0.5) is 18.9 Å². The van der Waals surface area contributed by atoms with Gasteiger partial charge in [0.1, 0.15) is 0 Å². The van der Waals surface area contributed by atoms with Crippen LogP contribution < -0.4 is 11.1 Å². The van der Waals surface area contributed by atoms with E-state index in [1.165, 1.54) is 18.2 Å². The summed E-state index contributed by atoms with van der Waals surface area (Å²) in [6, 6.07) is 9.11. The predicted molar refractivity (Wildman–Crippen MR) is 88.2 cm³/mol. The quantitative estimate of drug-likeness (QED) is 0.879. The maximum Gasteiger partial charge on any atom is 0.416 e. The fourth-order valence-electron chi connectivity index (χ4n) is 2.26. The number of benzene rings is 2. The van der Waals surface area contributed by atoms with E-state index in [1.54, 1.807) is 26.0 Å². The van der Waals surface area contributed by atoms with Gasteiger partial charge in [-0.15, -0.1) is 0 Å². The summed E-state index contributed by atoms with van der Waals surface area (Å²) in [4.78, 5) is 23.6. The van der Waals surface area contributed by atoms with Crippen molar-refractivity contribution in [1.82, 2.24) is 0 Å². The van der Waals surface area contributed by atoms with E-state index in [1.807, 2.05) is 0 Å². The smallest absolute Gasteiger partial charge is 0.366 e. The van der Waals surface area contributed by atoms with Crippen molar-refractivity contribution in [3.05, 3.63) is 64.7 Å². The van der Waals surface area contributed by atoms with Crippen molar-refractivity contribution < 1.29 is 22.8 Å². The number of rotatable bonds is 4. The van der Waals surface area contributed by atoms with Crippen molar-refractivity contribution in [2.24, 2.45) is 5.73 Å². The highest BCUT2D eigenvalue weighted by molar-refractivity contribution is 5.99. The summed E-state index contributed by atoms with van der Waals surface area (Å²) in [5.74, 6) is -1.69. The van der Waals surface area contributed by atoms with Gasteiger partial charge in [0.2, 0.25) is 11.8 Å². The highest BCUT2D eigenvalue weighted by Crippen LogP contribution is 2.30. The highest BCUT2D eigenvalue weighted by atomic mass is 19.4. The standard InChI is InChI=1S/C18H17F3N2O2/c1-10-3-4-13(16(22)24)9-15(10)23-17(25)11(2)12-5-7-14(8-6-12)18(19,20)21/h3-9,11H,1-2H3,(H2,22,24)(H,23,25). The SMILES string of the molecule is Cc1ccc(C(N)=O)cc1NC(=O)C(C)c1ccc(C(F)(F)F)cc1. The number of alkyl halides is 3. The lowest BCUT2D eigenvalue weighted by molar-refractivity contribution is -0.137. The molecule has 0 saturated carbocycles. The number of hydrogen-bond acceptors (Lipinski definition) is 2. The Balaban J connectivity index is 2.18. The number of primary amides is 1. The van der Waals surface area contributed by atoms with Crippen LogP contribution in [0.2, 0.25) is 0 Å². The molecule has 7 heteroatoms. The van der Waals surface area contributed by atoms with Crippen molar-refractivity contribution in [3.8, 4) is 0 Å². The van der Waals surface area contributed by atoms with Crippen molar-refractivity contribution in [2.45, 2.75) is 25.9 Å². The highest BCUT2D eigenvalue weighted by Gasteiger charge is 2.30. The second-order valence-corrected chi connectivity index (χ2v) is 5.72. The molecule has 4 nitrogen and oxygen atoms in total. The molecule has 0 saturated heterocycles. The van der Waals surface area contributed by atoms with E-state index < -0.39 is 29.5 Å². The van der Waals surface area contributed by atoms with Gasteiger partial charge < -0.3 is 11.1 Å². The zero-order valence-electron chi connectivity index (χ0n) is 13.6. The van der Waals surface area contributed by atoms with Crippen molar-refractivity contribution in [3.63, 3.8) is 0 Å². The van der Waals surface area contributed by atoms with E-state index in [2.05, 4.69) is 5.32 Å². The normalized spacial score (nSPS) is 12.5. The van der Waals surface area contributed by atoms with Crippen LogP contribution in [0.1, 0.15) is 39.9 Å². The van der Waals surface area contributed by atoms with Gasteiger partial charge in [-0.2, -0.15) is 13.2 Å². The molecule has 1 unspecified atom stereocenters. The Hall–Kier alpha value is -2.83. The number of nitrogens with two attached hydrogens (primary N) is 1. The third kappa shape index (κ3) is 4.37. The number of carbonyl (C=O) groups is 2. The molecular weight excluding hydrogens is 333 g/mol. The first-order valence-corrected chi connectivity index (χ1v) is 7.48. The summed E-state index contributed by atoms with van der Waals surface area (Å²) >= 11 is 0. The van der Waals surface area contributed by atoms with Crippen molar-refractivity contribution >= 4 is 17.5 Å². The Morgan fingerprint density at radius 1 is 1.08 bits per heavy atom. The number of hydrogen-bond donors (Lipinski definition) is 2. The first-order valence-electron chi connectivity index (χ1n) is 7.48. The van der Waals surface area contributed by atoms with Crippen LogP contribution in [0.3, 0.4) is 0 Å². The molecule has 0 bridgehead atoms. The maximum atomic E-state index is 12.6. The average molecular weight is 350 g/mol. The molecule has 1 atom stereocenters. The third-order valence-electron chi connectivity index (χ3n) is 3.91. The van der Waals surface area contributed by atoms with E-state index in [-0.39, 0.29) is 5.56 Å². The Kier molecular flexibility index (Phi) is 5.15. The van der Waals surface area contributed by atoms with Gasteiger partial charge in [-0.25, -0.2) is 0 Å². The van der Waals surface area contributed by atoms with Gasteiger partial charge >= 0.3 is 6.18 Å². The van der Waals surface area contributed by atoms with Gasteiger partial charge in [-0.1, -0.05) is 18.2 Å². The lowest BCUT2D eigenvalue weighted by Crippen LogP contribution is -2.20. The predicted octanol–water partition coefficient (Wildman–Crippen LogP) is 3.85. The summed E-state index contributed by atoms with van der Waals surface area (Å²) in [6.45, 7) is 3.34. The van der Waals surface area contributed by atoms with Crippen LogP contribution in [0.5, 0.6) is 0 Å². The van der Waals surface area contributed by atoms with Crippen molar-refractivity contribution in [1.29, 1.82) is 0 Å². The molecule has 0 heterocycles. The van der Waals surface area contributed by atoms with Gasteiger partial charge in [-0.3, -0.25) is 9.59 Å². The van der Waals surface area contributed by atoms with Gasteiger partial charge in [-0.05, 0) is 49.2 Å². The average Bonchev–Trinajstić information content (AvgIpc) is 2.55. The molecule has 25 heavy (non-hydrogen) atoms. The topological polar surface area (TPSA) is 72.2 Å². The summed E-state index contributed by atoms with van der Waals surface area (Å²) in [5, 5.41) is 2.68. The minimum atomic E-state index is -4.42. The maximum absolute atomic E-state index is 12.6. The van der Waals surface area contributed by atoms with E-state index in [4.69, 9.17) is 5.73 Å². The fourth-order valence-corrected chi connectivity index (χ4v) is 2.26. The summed E-state index contributed by atoms with van der Waals surface area (Å²) in [5.41, 5.74) is 6.32. The summed E-state index contributed by atoms with van der Waals surface area (Å²) < 4.78 is 37.8. The fraction of sp³-hybridized carbons (Fsp3) is 0.222. The van der Waals surface area contributed by atoms with Crippen LogP contribution in [0, 0.1) is 6.92 Å². The minimum absolute atomic E-state index is 0.253. The van der Waals surface area contributed by atoms with Crippen LogP contribution in [-0.4, -0.2) is 11.8 Å². The first kappa shape index (κ1) is 18.5. The Labute approximate surface area is 142 Å². The lowest BCUT2D eigenvalue weighted by atomic mass is 9.98. The Bertz CT molecular complexity index is 799. The molecule has 2 rings (SSSR count). The van der Waals surface area contributed by atoms with Gasteiger partial charge in [0.25, 0.3) is 0 Å². The molecular formula is C18H17F3N2O2. The molecule has 0 radical (unpaired) electrons. The monoisotopic (exact) mass is 350 g/mol. The molecule has 0 aromatic heterocycles. The number of anilines is 1. The second kappa shape index (κ2) is 6.96. The van der Waals surface area contributed by atoms with Crippen molar-refractivity contribution in [2.75, 3.05) is 5.32 Å². The molecule has 132 valence electrons. The molecule has 0 aliphatic heterocycles. The number of carbonyl (C=O) groups excluding carboxylic acids is 2. The van der Waals surface area contributed by atoms with Gasteiger partial charge in [0, 0.05) is 11.3 Å². The number of amides is 2. The Morgan fingerprint density at radius 2 is 1.68 bits per heavy atom. The summed E-state index contributed by atoms with van der Waals surface area (Å²) in [6.07, 6.45) is -4.42. The molecule has 2 aromatic rings. The summed E-state index contributed by atoms with van der Waals surface area (Å²) in [7, 11) is 0. The number of aryl methyl sites for hydroxylation is 1. The van der Waals surface area contributed by atoms with Gasteiger partial charge in [0.15, 0.2) is 0 Å². The molecule has 0 aliphatic carbocycles. The zero-order valence-corrected chi connectivity index (χ0v) is 13.6. The van der Waals surface area contributed by atoms with Crippen LogP contribution in [0.25, 0.3) is 0 Å². The number of halogens is 3. The van der Waals surface area contributed by atoms with E-state index in [0.717, 1.165) is 17.7 Å². The molecule has 0 aliphatic rings. The van der Waals surface area contributed by atoms with Crippen LogP contribution in [-0.2, 0) is 11.0 Å². The largest absolute Gasteiger partial charge is 0.416 e. The molecule has 3 N–H and O–H groups in total. The Morgan fingerprint density at radius 3 is 2.20 bits per heavy atom. The zero-order chi connectivity index (χ0) is 18.8. The van der Waals surface area contributed by atoms with Gasteiger partial charge in [0.05, 0.1) is 11.5 Å². The van der Waals surface area contributed by atoms with E-state index in [9.17, 15) is 22.8 Å². The van der Waals surface area contributed by atoms with E-state index >= 15 is 0 Å². The molecule has 2 amide bonds. The van der Waals surface area contributed by atoms with Crippen LogP contribution in [0.15, 0.2) is 42.5 Å². The third-order valence-corrected chi connectivity index (χ3v) is 3.91. The van der Waals surface area contributed by atoms with E-state index in [0.29, 0.717) is 11.3 Å². The number of nitrogens with one attached hydrogen (secondary N) is 1. The molecule has 0 fully saturated rings. The lowest BCUT2D eigenvalue weighted by Gasteiger charge is -2.15. The first-order chi connectivity index (χ1) is 11.6. The van der Waals surface area contributed by atoms with Crippen LogP contribution >= 0.6 is 0 Å². The molecule has 2 aromatic carbocycles. The minimum Gasteiger partial charge on any atom is -0.366 e. The second-order valence-electron chi connectivity index (χ2n) is 5.72.